The number of hydrogen-bond donors (Lipinski definition) is 3. The Morgan fingerprint density at radius 3 is 2.26 bits per heavy atom. The highest BCUT2D eigenvalue weighted by Crippen LogP contribution is 2.26. The van der Waals surface area contributed by atoms with Crippen molar-refractivity contribution < 1.29 is 13.9 Å². The largest absolute Gasteiger partial charge is 0.396 e. The molecule has 4 nitrogen and oxygen atoms in total. The van der Waals surface area contributed by atoms with Gasteiger partial charge in [0.05, 0.1) is 0 Å². The first-order valence-corrected chi connectivity index (χ1v) is 6.09. The van der Waals surface area contributed by atoms with Crippen LogP contribution in [0.2, 0.25) is 0 Å². The fourth-order valence-electron chi connectivity index (χ4n) is 1.86. The molecular weight excluding hydrogens is 252 g/mol. The van der Waals surface area contributed by atoms with E-state index in [0.29, 0.717) is 13.0 Å². The average Bonchev–Trinajstić information content (AvgIpc) is 2.31. The highest BCUT2D eigenvalue weighted by atomic mass is 19.1. The molecule has 1 rings (SSSR count). The molecule has 0 bridgehead atoms. The SMILES string of the molecule is CC(C)N(CCCO)c1c(F)cc(C(=N)N)cc1F. The van der Waals surface area contributed by atoms with E-state index in [0.717, 1.165) is 12.1 Å². The lowest BCUT2D eigenvalue weighted by Gasteiger charge is -2.29. The van der Waals surface area contributed by atoms with Crippen molar-refractivity contribution >= 4 is 11.5 Å². The highest BCUT2D eigenvalue weighted by molar-refractivity contribution is 5.95. The van der Waals surface area contributed by atoms with Gasteiger partial charge < -0.3 is 15.7 Å². The van der Waals surface area contributed by atoms with Gasteiger partial charge in [-0.15, -0.1) is 0 Å². The topological polar surface area (TPSA) is 73.3 Å². The maximum absolute atomic E-state index is 14.0. The van der Waals surface area contributed by atoms with E-state index in [1.165, 1.54) is 0 Å². The molecule has 0 aromatic heterocycles. The van der Waals surface area contributed by atoms with Crippen molar-refractivity contribution in [2.75, 3.05) is 18.1 Å². The molecule has 0 aliphatic carbocycles. The summed E-state index contributed by atoms with van der Waals surface area (Å²) in [5.41, 5.74) is 5.09. The zero-order chi connectivity index (χ0) is 14.6. The first kappa shape index (κ1) is 15.4. The zero-order valence-corrected chi connectivity index (χ0v) is 11.1. The minimum atomic E-state index is -0.753. The van der Waals surface area contributed by atoms with Crippen molar-refractivity contribution in [1.82, 2.24) is 0 Å². The van der Waals surface area contributed by atoms with E-state index in [2.05, 4.69) is 0 Å². The lowest BCUT2D eigenvalue weighted by molar-refractivity contribution is 0.288. The van der Waals surface area contributed by atoms with E-state index in [-0.39, 0.29) is 29.7 Å². The predicted molar refractivity (Wildman–Crippen MR) is 71.6 cm³/mol. The molecule has 0 heterocycles. The third kappa shape index (κ3) is 3.64. The molecule has 0 saturated carbocycles. The number of hydrogen-bond acceptors (Lipinski definition) is 3. The maximum atomic E-state index is 14.0. The van der Waals surface area contributed by atoms with E-state index in [9.17, 15) is 8.78 Å². The van der Waals surface area contributed by atoms with Gasteiger partial charge in [0.25, 0.3) is 0 Å². The summed E-state index contributed by atoms with van der Waals surface area (Å²) in [4.78, 5) is 1.55. The second-order valence-electron chi connectivity index (χ2n) is 4.57. The number of aliphatic hydroxyl groups excluding tert-OH is 1. The number of halogens is 2. The Balaban J connectivity index is 3.19. The monoisotopic (exact) mass is 271 g/mol. The Kier molecular flexibility index (Phi) is 5.23. The van der Waals surface area contributed by atoms with Crippen molar-refractivity contribution in [2.24, 2.45) is 5.73 Å². The van der Waals surface area contributed by atoms with Crippen molar-refractivity contribution in [2.45, 2.75) is 26.3 Å². The molecule has 0 saturated heterocycles. The Labute approximate surface area is 111 Å². The van der Waals surface area contributed by atoms with Crippen molar-refractivity contribution in [3.05, 3.63) is 29.3 Å². The molecule has 0 unspecified atom stereocenters. The molecule has 0 amide bonds. The molecule has 0 atom stereocenters. The third-order valence-corrected chi connectivity index (χ3v) is 2.80. The number of rotatable bonds is 6. The number of aliphatic hydroxyl groups is 1. The molecule has 0 aliphatic heterocycles. The van der Waals surface area contributed by atoms with Gasteiger partial charge >= 0.3 is 0 Å². The van der Waals surface area contributed by atoms with Gasteiger partial charge in [-0.25, -0.2) is 8.78 Å². The number of nitrogen functional groups attached to an aromatic ring is 1. The molecule has 6 heteroatoms. The predicted octanol–water partition coefficient (Wildman–Crippen LogP) is 1.85. The van der Waals surface area contributed by atoms with E-state index in [1.807, 2.05) is 13.8 Å². The second-order valence-corrected chi connectivity index (χ2v) is 4.57. The summed E-state index contributed by atoms with van der Waals surface area (Å²) in [5.74, 6) is -1.88. The van der Waals surface area contributed by atoms with Gasteiger partial charge in [0.1, 0.15) is 23.2 Å². The molecule has 1 aromatic carbocycles. The van der Waals surface area contributed by atoms with Crippen LogP contribution in [0.15, 0.2) is 12.1 Å². The van der Waals surface area contributed by atoms with Crippen LogP contribution in [-0.2, 0) is 0 Å². The quantitative estimate of drug-likeness (QED) is 0.546. The number of nitrogens with two attached hydrogens (primary N) is 1. The molecule has 0 radical (unpaired) electrons. The molecular formula is C13H19F2N3O. The van der Waals surface area contributed by atoms with Crippen LogP contribution in [0, 0.1) is 17.0 Å². The minimum absolute atomic E-state index is 0.0182. The van der Waals surface area contributed by atoms with E-state index in [4.69, 9.17) is 16.2 Å². The maximum Gasteiger partial charge on any atom is 0.150 e. The molecule has 1 aromatic rings. The number of benzene rings is 1. The van der Waals surface area contributed by atoms with Gasteiger partial charge in [-0.05, 0) is 32.4 Å². The standard InChI is InChI=1S/C13H19F2N3O/c1-8(2)18(4-3-5-19)12-10(14)6-9(13(16)17)7-11(12)15/h6-8,19H,3-5H2,1-2H3,(H3,16,17). The summed E-state index contributed by atoms with van der Waals surface area (Å²) < 4.78 is 28.0. The van der Waals surface area contributed by atoms with Crippen LogP contribution in [0.1, 0.15) is 25.8 Å². The lowest BCUT2D eigenvalue weighted by Crippen LogP contribution is -2.34. The fourth-order valence-corrected chi connectivity index (χ4v) is 1.86. The molecule has 4 N–H and O–H groups in total. The van der Waals surface area contributed by atoms with Gasteiger partial charge in [0.2, 0.25) is 0 Å². The van der Waals surface area contributed by atoms with Crippen molar-refractivity contribution in [3.8, 4) is 0 Å². The third-order valence-electron chi connectivity index (χ3n) is 2.80. The Bertz CT molecular complexity index is 440. The number of nitrogens with one attached hydrogen (secondary N) is 1. The number of anilines is 1. The molecule has 0 fully saturated rings. The van der Waals surface area contributed by atoms with Crippen LogP contribution in [0.5, 0.6) is 0 Å². The molecule has 106 valence electrons. The van der Waals surface area contributed by atoms with E-state index in [1.54, 1.807) is 4.90 Å². The van der Waals surface area contributed by atoms with Crippen LogP contribution < -0.4 is 10.6 Å². The molecule has 0 spiro atoms. The summed E-state index contributed by atoms with van der Waals surface area (Å²) in [6.45, 7) is 3.93. The van der Waals surface area contributed by atoms with E-state index < -0.39 is 11.6 Å². The fraction of sp³-hybridized carbons (Fsp3) is 0.462. The smallest absolute Gasteiger partial charge is 0.150 e. The van der Waals surface area contributed by atoms with Crippen LogP contribution in [0.3, 0.4) is 0 Å². The van der Waals surface area contributed by atoms with Crippen LogP contribution >= 0.6 is 0 Å². The summed E-state index contributed by atoms with van der Waals surface area (Å²) in [6.07, 6.45) is 0.422. The summed E-state index contributed by atoms with van der Waals surface area (Å²) >= 11 is 0. The van der Waals surface area contributed by atoms with Crippen LogP contribution in [0.4, 0.5) is 14.5 Å². The summed E-state index contributed by atoms with van der Waals surface area (Å²) in [6, 6.07) is 1.99. The lowest BCUT2D eigenvalue weighted by atomic mass is 10.1. The van der Waals surface area contributed by atoms with Gasteiger partial charge in [0, 0.05) is 24.8 Å². The normalized spacial score (nSPS) is 10.8. The second kappa shape index (κ2) is 6.47. The average molecular weight is 271 g/mol. The number of nitrogens with zero attached hydrogens (tertiary/aromatic N) is 1. The summed E-state index contributed by atoms with van der Waals surface area (Å²) in [5, 5.41) is 16.0. The Morgan fingerprint density at radius 1 is 1.37 bits per heavy atom. The minimum Gasteiger partial charge on any atom is -0.396 e. The molecule has 0 aliphatic rings. The van der Waals surface area contributed by atoms with E-state index >= 15 is 0 Å². The van der Waals surface area contributed by atoms with Gasteiger partial charge in [-0.3, -0.25) is 5.41 Å². The first-order chi connectivity index (χ1) is 8.88. The Hall–Kier alpha value is -1.69. The zero-order valence-electron chi connectivity index (χ0n) is 11.1. The Morgan fingerprint density at radius 2 is 1.89 bits per heavy atom. The van der Waals surface area contributed by atoms with Crippen molar-refractivity contribution in [1.29, 1.82) is 5.41 Å². The van der Waals surface area contributed by atoms with Gasteiger partial charge in [-0.1, -0.05) is 0 Å². The van der Waals surface area contributed by atoms with Crippen LogP contribution in [0.25, 0.3) is 0 Å². The van der Waals surface area contributed by atoms with Gasteiger partial charge in [-0.2, -0.15) is 0 Å². The summed E-state index contributed by atoms with van der Waals surface area (Å²) in [7, 11) is 0. The first-order valence-electron chi connectivity index (χ1n) is 6.09. The highest BCUT2D eigenvalue weighted by Gasteiger charge is 2.20. The molecule has 19 heavy (non-hydrogen) atoms. The van der Waals surface area contributed by atoms with Crippen molar-refractivity contribution in [3.63, 3.8) is 0 Å². The number of amidine groups is 1. The van der Waals surface area contributed by atoms with Gasteiger partial charge in [0.15, 0.2) is 0 Å². The van der Waals surface area contributed by atoms with Crippen LogP contribution in [-0.4, -0.2) is 30.1 Å².